The molecule has 0 spiro atoms. The molecule has 3 nitrogen and oxygen atoms in total. The van der Waals surface area contributed by atoms with Gasteiger partial charge in [0.15, 0.2) is 0 Å². The quantitative estimate of drug-likeness (QED) is 0.821. The molecular formula is C12H24N2OS. The standard InChI is InChI=1S/C12H24N2OS/c1-10(13)5-4-6-11(15)14-7-8-16-12(2,3)9-14/h10H,4-9,13H2,1-3H3. The van der Waals surface area contributed by atoms with Gasteiger partial charge in [-0.3, -0.25) is 4.79 Å². The number of amides is 1. The fourth-order valence-corrected chi connectivity index (χ4v) is 3.07. The molecular weight excluding hydrogens is 220 g/mol. The summed E-state index contributed by atoms with van der Waals surface area (Å²) in [5.74, 6) is 1.36. The summed E-state index contributed by atoms with van der Waals surface area (Å²) in [6.07, 6.45) is 2.51. The smallest absolute Gasteiger partial charge is 0.222 e. The van der Waals surface area contributed by atoms with E-state index in [4.69, 9.17) is 5.73 Å². The molecule has 1 atom stereocenters. The monoisotopic (exact) mass is 244 g/mol. The van der Waals surface area contributed by atoms with Crippen LogP contribution in [-0.4, -0.2) is 40.4 Å². The van der Waals surface area contributed by atoms with E-state index in [1.807, 2.05) is 23.6 Å². The van der Waals surface area contributed by atoms with Crippen LogP contribution in [0, 0.1) is 0 Å². The third kappa shape index (κ3) is 4.74. The lowest BCUT2D eigenvalue weighted by Gasteiger charge is -2.37. The van der Waals surface area contributed by atoms with Gasteiger partial charge in [-0.2, -0.15) is 11.8 Å². The summed E-state index contributed by atoms with van der Waals surface area (Å²) >= 11 is 1.96. The number of nitrogens with two attached hydrogens (primary N) is 1. The van der Waals surface area contributed by atoms with Crippen LogP contribution in [0.25, 0.3) is 0 Å². The Kier molecular flexibility index (Phi) is 5.12. The van der Waals surface area contributed by atoms with Gasteiger partial charge in [-0.1, -0.05) is 0 Å². The van der Waals surface area contributed by atoms with E-state index in [9.17, 15) is 4.79 Å². The maximum Gasteiger partial charge on any atom is 0.222 e. The molecule has 1 unspecified atom stereocenters. The van der Waals surface area contributed by atoms with Crippen molar-refractivity contribution in [1.82, 2.24) is 4.90 Å². The van der Waals surface area contributed by atoms with E-state index in [-0.39, 0.29) is 10.8 Å². The SMILES string of the molecule is CC(N)CCCC(=O)N1CCSC(C)(C)C1. The highest BCUT2D eigenvalue weighted by Gasteiger charge is 2.29. The molecule has 1 saturated heterocycles. The Bertz CT molecular complexity index is 241. The Hall–Kier alpha value is -0.220. The van der Waals surface area contributed by atoms with Crippen LogP contribution >= 0.6 is 11.8 Å². The molecule has 1 heterocycles. The number of nitrogens with zero attached hydrogens (tertiary/aromatic N) is 1. The van der Waals surface area contributed by atoms with Crippen LogP contribution in [0.5, 0.6) is 0 Å². The van der Waals surface area contributed by atoms with Crippen molar-refractivity contribution in [3.05, 3.63) is 0 Å². The first kappa shape index (κ1) is 13.8. The second-order valence-corrected chi connectivity index (χ2v) is 7.10. The van der Waals surface area contributed by atoms with Gasteiger partial charge in [0.1, 0.15) is 0 Å². The first-order valence-corrected chi connectivity index (χ1v) is 7.06. The summed E-state index contributed by atoms with van der Waals surface area (Å²) in [6.45, 7) is 8.20. The molecule has 0 aromatic heterocycles. The highest BCUT2D eigenvalue weighted by atomic mass is 32.2. The van der Waals surface area contributed by atoms with Gasteiger partial charge in [0, 0.05) is 36.1 Å². The lowest BCUT2D eigenvalue weighted by Crippen LogP contribution is -2.46. The lowest BCUT2D eigenvalue weighted by atomic mass is 10.1. The normalized spacial score (nSPS) is 21.9. The molecule has 16 heavy (non-hydrogen) atoms. The molecule has 2 N–H and O–H groups in total. The number of thioether (sulfide) groups is 1. The Morgan fingerprint density at radius 2 is 2.25 bits per heavy atom. The van der Waals surface area contributed by atoms with Crippen molar-refractivity contribution in [2.24, 2.45) is 5.73 Å². The van der Waals surface area contributed by atoms with E-state index in [0.29, 0.717) is 12.3 Å². The minimum Gasteiger partial charge on any atom is -0.341 e. The van der Waals surface area contributed by atoms with E-state index in [1.54, 1.807) is 0 Å². The zero-order chi connectivity index (χ0) is 12.2. The molecule has 4 heteroatoms. The van der Waals surface area contributed by atoms with Crippen LogP contribution in [-0.2, 0) is 4.79 Å². The minimum atomic E-state index is 0.209. The molecule has 94 valence electrons. The van der Waals surface area contributed by atoms with Crippen molar-refractivity contribution in [2.45, 2.75) is 50.8 Å². The van der Waals surface area contributed by atoms with Gasteiger partial charge in [0.2, 0.25) is 5.91 Å². The Labute approximate surface area is 103 Å². The molecule has 0 saturated carbocycles. The lowest BCUT2D eigenvalue weighted by molar-refractivity contribution is -0.131. The fourth-order valence-electron chi connectivity index (χ4n) is 1.96. The Balaban J connectivity index is 2.31. The van der Waals surface area contributed by atoms with E-state index in [0.717, 1.165) is 31.7 Å². The minimum absolute atomic E-state index is 0.209. The van der Waals surface area contributed by atoms with Crippen molar-refractivity contribution in [3.8, 4) is 0 Å². The van der Waals surface area contributed by atoms with Crippen LogP contribution < -0.4 is 5.73 Å². The summed E-state index contributed by atoms with van der Waals surface area (Å²) in [5, 5.41) is 0. The number of rotatable bonds is 4. The van der Waals surface area contributed by atoms with Gasteiger partial charge in [0.05, 0.1) is 0 Å². The van der Waals surface area contributed by atoms with Crippen LogP contribution in [0.15, 0.2) is 0 Å². The molecule has 1 aliphatic heterocycles. The summed E-state index contributed by atoms with van der Waals surface area (Å²) < 4.78 is 0.217. The van der Waals surface area contributed by atoms with Crippen LogP contribution in [0.4, 0.5) is 0 Å². The second kappa shape index (κ2) is 5.92. The Morgan fingerprint density at radius 1 is 1.56 bits per heavy atom. The van der Waals surface area contributed by atoms with Gasteiger partial charge in [0.25, 0.3) is 0 Å². The summed E-state index contributed by atoms with van der Waals surface area (Å²) in [5.41, 5.74) is 5.67. The van der Waals surface area contributed by atoms with E-state index in [1.165, 1.54) is 0 Å². The third-order valence-electron chi connectivity index (χ3n) is 2.83. The number of carbonyl (C=O) groups excluding carboxylic acids is 1. The molecule has 1 rings (SSSR count). The Morgan fingerprint density at radius 3 is 2.81 bits per heavy atom. The van der Waals surface area contributed by atoms with Crippen molar-refractivity contribution < 1.29 is 4.79 Å². The highest BCUT2D eigenvalue weighted by Crippen LogP contribution is 2.29. The molecule has 1 aliphatic rings. The van der Waals surface area contributed by atoms with Crippen molar-refractivity contribution in [3.63, 3.8) is 0 Å². The highest BCUT2D eigenvalue weighted by molar-refractivity contribution is 8.00. The zero-order valence-electron chi connectivity index (χ0n) is 10.7. The molecule has 0 aromatic carbocycles. The largest absolute Gasteiger partial charge is 0.341 e. The second-order valence-electron chi connectivity index (χ2n) is 5.29. The predicted molar refractivity (Wildman–Crippen MR) is 70.6 cm³/mol. The van der Waals surface area contributed by atoms with Gasteiger partial charge in [-0.15, -0.1) is 0 Å². The first-order chi connectivity index (χ1) is 7.41. The molecule has 0 aromatic rings. The van der Waals surface area contributed by atoms with Gasteiger partial charge in [-0.25, -0.2) is 0 Å². The first-order valence-electron chi connectivity index (χ1n) is 6.08. The third-order valence-corrected chi connectivity index (χ3v) is 4.13. The van der Waals surface area contributed by atoms with Gasteiger partial charge in [-0.05, 0) is 33.6 Å². The average Bonchev–Trinajstić information content (AvgIpc) is 2.15. The van der Waals surface area contributed by atoms with Crippen molar-refractivity contribution in [1.29, 1.82) is 0 Å². The van der Waals surface area contributed by atoms with Crippen LogP contribution in [0.2, 0.25) is 0 Å². The van der Waals surface area contributed by atoms with Crippen molar-refractivity contribution >= 4 is 17.7 Å². The molecule has 0 bridgehead atoms. The van der Waals surface area contributed by atoms with Gasteiger partial charge >= 0.3 is 0 Å². The number of hydrogen-bond donors (Lipinski definition) is 1. The van der Waals surface area contributed by atoms with Crippen LogP contribution in [0.1, 0.15) is 40.0 Å². The van der Waals surface area contributed by atoms with Gasteiger partial charge < -0.3 is 10.6 Å². The fraction of sp³-hybridized carbons (Fsp3) is 0.917. The molecule has 0 aliphatic carbocycles. The number of hydrogen-bond acceptors (Lipinski definition) is 3. The predicted octanol–water partition coefficient (Wildman–Crippen LogP) is 1.86. The topological polar surface area (TPSA) is 46.3 Å². The molecule has 1 fully saturated rings. The molecule has 1 amide bonds. The maximum absolute atomic E-state index is 11.9. The van der Waals surface area contributed by atoms with E-state index >= 15 is 0 Å². The van der Waals surface area contributed by atoms with E-state index < -0.39 is 0 Å². The maximum atomic E-state index is 11.9. The van der Waals surface area contributed by atoms with E-state index in [2.05, 4.69) is 13.8 Å². The summed E-state index contributed by atoms with van der Waals surface area (Å²) in [6, 6.07) is 0.209. The average molecular weight is 244 g/mol. The van der Waals surface area contributed by atoms with Crippen molar-refractivity contribution in [2.75, 3.05) is 18.8 Å². The summed E-state index contributed by atoms with van der Waals surface area (Å²) in [4.78, 5) is 14.0. The van der Waals surface area contributed by atoms with Crippen LogP contribution in [0.3, 0.4) is 0 Å². The summed E-state index contributed by atoms with van der Waals surface area (Å²) in [7, 11) is 0. The number of carbonyl (C=O) groups is 1. The zero-order valence-corrected chi connectivity index (χ0v) is 11.5. The molecule has 0 radical (unpaired) electrons.